The zero-order valence-corrected chi connectivity index (χ0v) is 12.8. The fraction of sp³-hybridized carbons (Fsp3) is 0.562. The van der Waals surface area contributed by atoms with E-state index in [2.05, 4.69) is 0 Å². The third-order valence-electron chi connectivity index (χ3n) is 4.04. The lowest BCUT2D eigenvalue weighted by Gasteiger charge is -2.40. The van der Waals surface area contributed by atoms with Gasteiger partial charge in [0, 0.05) is 31.7 Å². The molecule has 1 amide bonds. The molecule has 1 unspecified atom stereocenters. The summed E-state index contributed by atoms with van der Waals surface area (Å²) < 4.78 is 13.7. The van der Waals surface area contributed by atoms with Gasteiger partial charge in [-0.2, -0.15) is 0 Å². The van der Waals surface area contributed by atoms with Crippen molar-refractivity contribution < 1.29 is 19.4 Å². The van der Waals surface area contributed by atoms with E-state index in [1.807, 2.05) is 0 Å². The van der Waals surface area contributed by atoms with Gasteiger partial charge in [-0.25, -0.2) is 4.39 Å². The van der Waals surface area contributed by atoms with E-state index in [-0.39, 0.29) is 31.4 Å². The Bertz CT molecular complexity index is 526. The molecule has 0 saturated carbocycles. The van der Waals surface area contributed by atoms with Crippen molar-refractivity contribution in [3.63, 3.8) is 0 Å². The maximum Gasteiger partial charge on any atom is 0.256 e. The van der Waals surface area contributed by atoms with Crippen molar-refractivity contribution in [2.45, 2.75) is 25.0 Å². The average Bonchev–Trinajstić information content (AvgIpc) is 2.46. The normalized spacial score (nSPS) is 22.4. The predicted molar refractivity (Wildman–Crippen MR) is 80.6 cm³/mol. The van der Waals surface area contributed by atoms with E-state index in [0.29, 0.717) is 31.5 Å². The third-order valence-corrected chi connectivity index (χ3v) is 4.04. The standard InChI is InChI=1S/C16H23FN2O3/c1-18(9-10-20)12-16(22)7-4-8-19(15(16)21)11-13-5-2-3-6-14(13)17/h2-3,5-6,20,22H,4,7-12H2,1H3. The molecule has 0 spiro atoms. The van der Waals surface area contributed by atoms with Gasteiger partial charge in [-0.05, 0) is 26.0 Å². The van der Waals surface area contributed by atoms with Gasteiger partial charge in [0.05, 0.1) is 6.61 Å². The zero-order valence-electron chi connectivity index (χ0n) is 12.8. The number of halogens is 1. The summed E-state index contributed by atoms with van der Waals surface area (Å²) in [5.74, 6) is -0.714. The number of aliphatic hydroxyl groups is 2. The summed E-state index contributed by atoms with van der Waals surface area (Å²) in [5, 5.41) is 19.6. The van der Waals surface area contributed by atoms with Gasteiger partial charge in [0.15, 0.2) is 5.60 Å². The lowest BCUT2D eigenvalue weighted by molar-refractivity contribution is -0.160. The van der Waals surface area contributed by atoms with Gasteiger partial charge in [-0.3, -0.25) is 4.79 Å². The van der Waals surface area contributed by atoms with E-state index in [0.717, 1.165) is 0 Å². The number of carbonyl (C=O) groups excluding carboxylic acids is 1. The van der Waals surface area contributed by atoms with Crippen LogP contribution in [0.4, 0.5) is 4.39 Å². The van der Waals surface area contributed by atoms with Crippen LogP contribution >= 0.6 is 0 Å². The van der Waals surface area contributed by atoms with E-state index in [4.69, 9.17) is 5.11 Å². The molecule has 0 radical (unpaired) electrons. The van der Waals surface area contributed by atoms with Crippen LogP contribution in [-0.4, -0.2) is 64.8 Å². The van der Waals surface area contributed by atoms with Crippen LogP contribution in [0.15, 0.2) is 24.3 Å². The van der Waals surface area contributed by atoms with Gasteiger partial charge in [-0.1, -0.05) is 18.2 Å². The lowest BCUT2D eigenvalue weighted by atomic mass is 9.91. The van der Waals surface area contributed by atoms with E-state index in [9.17, 15) is 14.3 Å². The number of carbonyl (C=O) groups is 1. The van der Waals surface area contributed by atoms with Crippen LogP contribution in [0.5, 0.6) is 0 Å². The molecule has 22 heavy (non-hydrogen) atoms. The largest absolute Gasteiger partial charge is 0.395 e. The van der Waals surface area contributed by atoms with Crippen LogP contribution in [0, 0.1) is 5.82 Å². The van der Waals surface area contributed by atoms with Crippen LogP contribution in [0.25, 0.3) is 0 Å². The molecular weight excluding hydrogens is 287 g/mol. The SMILES string of the molecule is CN(CCO)CC1(O)CCCN(Cc2ccccc2F)C1=O. The number of hydrogen-bond donors (Lipinski definition) is 2. The van der Waals surface area contributed by atoms with E-state index in [1.54, 1.807) is 30.1 Å². The first-order valence-corrected chi connectivity index (χ1v) is 7.51. The van der Waals surface area contributed by atoms with Crippen molar-refractivity contribution in [1.82, 2.24) is 9.80 Å². The van der Waals surface area contributed by atoms with Crippen LogP contribution in [0.3, 0.4) is 0 Å². The highest BCUT2D eigenvalue weighted by Crippen LogP contribution is 2.25. The number of amides is 1. The quantitative estimate of drug-likeness (QED) is 0.808. The fourth-order valence-electron chi connectivity index (χ4n) is 2.89. The molecule has 1 aliphatic heterocycles. The summed E-state index contributed by atoms with van der Waals surface area (Å²) in [7, 11) is 1.75. The van der Waals surface area contributed by atoms with Gasteiger partial charge >= 0.3 is 0 Å². The number of hydrogen-bond acceptors (Lipinski definition) is 4. The monoisotopic (exact) mass is 310 g/mol. The summed E-state index contributed by atoms with van der Waals surface area (Å²) in [6.45, 7) is 1.21. The van der Waals surface area contributed by atoms with Crippen LogP contribution < -0.4 is 0 Å². The van der Waals surface area contributed by atoms with Gasteiger partial charge in [0.1, 0.15) is 5.82 Å². The summed E-state index contributed by atoms with van der Waals surface area (Å²) >= 11 is 0. The van der Waals surface area contributed by atoms with E-state index in [1.165, 1.54) is 11.0 Å². The Balaban J connectivity index is 2.08. The topological polar surface area (TPSA) is 64.0 Å². The summed E-state index contributed by atoms with van der Waals surface area (Å²) in [6, 6.07) is 6.35. The van der Waals surface area contributed by atoms with Gasteiger partial charge < -0.3 is 20.0 Å². The number of likely N-dealkylation sites (N-methyl/N-ethyl adjacent to an activating group) is 1. The Labute approximate surface area is 130 Å². The second-order valence-electron chi connectivity index (χ2n) is 5.91. The number of rotatable bonds is 6. The zero-order chi connectivity index (χ0) is 16.2. The molecule has 2 N–H and O–H groups in total. The molecule has 5 nitrogen and oxygen atoms in total. The molecule has 2 rings (SSSR count). The first kappa shape index (κ1) is 16.9. The highest BCUT2D eigenvalue weighted by atomic mass is 19.1. The molecule has 122 valence electrons. The highest BCUT2D eigenvalue weighted by molar-refractivity contribution is 5.86. The summed E-state index contributed by atoms with van der Waals surface area (Å²) in [5.41, 5.74) is -1.02. The molecule has 1 aromatic carbocycles. The molecule has 1 aliphatic rings. The molecule has 0 bridgehead atoms. The van der Waals surface area contributed by atoms with Crippen molar-refractivity contribution >= 4 is 5.91 Å². The Morgan fingerprint density at radius 3 is 2.82 bits per heavy atom. The number of nitrogens with zero attached hydrogens (tertiary/aromatic N) is 2. The lowest BCUT2D eigenvalue weighted by Crippen LogP contribution is -2.58. The fourth-order valence-corrected chi connectivity index (χ4v) is 2.89. The molecule has 6 heteroatoms. The summed E-state index contributed by atoms with van der Waals surface area (Å²) in [4.78, 5) is 15.8. The Morgan fingerprint density at radius 2 is 2.14 bits per heavy atom. The first-order chi connectivity index (χ1) is 10.5. The number of benzene rings is 1. The van der Waals surface area contributed by atoms with Crippen LogP contribution in [0.1, 0.15) is 18.4 Å². The predicted octanol–water partition coefficient (Wildman–Crippen LogP) is 0.603. The smallest absolute Gasteiger partial charge is 0.256 e. The molecule has 0 aliphatic carbocycles. The van der Waals surface area contributed by atoms with E-state index >= 15 is 0 Å². The minimum absolute atomic E-state index is 0.0281. The minimum atomic E-state index is -1.46. The molecule has 1 atom stereocenters. The van der Waals surface area contributed by atoms with Crippen LogP contribution in [-0.2, 0) is 11.3 Å². The molecular formula is C16H23FN2O3. The Hall–Kier alpha value is -1.50. The molecule has 1 heterocycles. The third kappa shape index (κ3) is 3.82. The second-order valence-corrected chi connectivity index (χ2v) is 5.91. The maximum absolute atomic E-state index is 13.7. The number of aliphatic hydroxyl groups excluding tert-OH is 1. The number of likely N-dealkylation sites (tertiary alicyclic amines) is 1. The Kier molecular flexibility index (Phi) is 5.50. The first-order valence-electron chi connectivity index (χ1n) is 7.51. The van der Waals surface area contributed by atoms with Crippen LogP contribution in [0.2, 0.25) is 0 Å². The van der Waals surface area contributed by atoms with Crippen molar-refractivity contribution in [1.29, 1.82) is 0 Å². The second kappa shape index (κ2) is 7.17. The molecule has 0 aromatic heterocycles. The van der Waals surface area contributed by atoms with Gasteiger partial charge in [-0.15, -0.1) is 0 Å². The highest BCUT2D eigenvalue weighted by Gasteiger charge is 2.42. The van der Waals surface area contributed by atoms with Crippen molar-refractivity contribution in [2.75, 3.05) is 33.3 Å². The minimum Gasteiger partial charge on any atom is -0.395 e. The molecule has 1 fully saturated rings. The number of piperidine rings is 1. The van der Waals surface area contributed by atoms with Crippen molar-refractivity contribution in [3.05, 3.63) is 35.6 Å². The summed E-state index contributed by atoms with van der Waals surface area (Å²) in [6.07, 6.45) is 1.05. The van der Waals surface area contributed by atoms with Gasteiger partial charge in [0.2, 0.25) is 0 Å². The van der Waals surface area contributed by atoms with E-state index < -0.39 is 5.60 Å². The van der Waals surface area contributed by atoms with Crippen molar-refractivity contribution in [2.24, 2.45) is 0 Å². The Morgan fingerprint density at radius 1 is 1.41 bits per heavy atom. The maximum atomic E-state index is 13.7. The van der Waals surface area contributed by atoms with Crippen molar-refractivity contribution in [3.8, 4) is 0 Å². The molecule has 1 saturated heterocycles. The molecule has 1 aromatic rings. The van der Waals surface area contributed by atoms with Gasteiger partial charge in [0.25, 0.3) is 5.91 Å². The average molecular weight is 310 g/mol.